The van der Waals surface area contributed by atoms with Crippen molar-refractivity contribution in [2.75, 3.05) is 53.0 Å². The molecule has 0 saturated carbocycles. The quantitative estimate of drug-likeness (QED) is 0.642. The highest BCUT2D eigenvalue weighted by molar-refractivity contribution is 4.82. The van der Waals surface area contributed by atoms with Crippen LogP contribution in [0.5, 0.6) is 0 Å². The molecule has 2 unspecified atom stereocenters. The summed E-state index contributed by atoms with van der Waals surface area (Å²) < 4.78 is 5.33. The first kappa shape index (κ1) is 16.9. The van der Waals surface area contributed by atoms with Gasteiger partial charge in [-0.3, -0.25) is 9.80 Å². The minimum Gasteiger partial charge on any atom is -0.382 e. The molecule has 19 heavy (non-hydrogen) atoms. The number of nitrogens with one attached hydrogen (secondary N) is 1. The lowest BCUT2D eigenvalue weighted by atomic mass is 10.1. The van der Waals surface area contributed by atoms with E-state index in [0.717, 1.165) is 26.3 Å². The number of hydrogen-bond donors (Lipinski definition) is 1. The summed E-state index contributed by atoms with van der Waals surface area (Å²) in [5, 5.41) is 3.54. The fourth-order valence-corrected chi connectivity index (χ4v) is 2.66. The normalized spacial score (nSPS) is 25.9. The predicted molar refractivity (Wildman–Crippen MR) is 81.7 cm³/mol. The van der Waals surface area contributed by atoms with Gasteiger partial charge in [0.2, 0.25) is 0 Å². The van der Waals surface area contributed by atoms with Crippen molar-refractivity contribution in [3.63, 3.8) is 0 Å². The van der Waals surface area contributed by atoms with E-state index < -0.39 is 0 Å². The largest absolute Gasteiger partial charge is 0.382 e. The van der Waals surface area contributed by atoms with E-state index in [1.807, 2.05) is 0 Å². The van der Waals surface area contributed by atoms with Gasteiger partial charge in [0.05, 0.1) is 0 Å². The summed E-state index contributed by atoms with van der Waals surface area (Å²) in [5.74, 6) is 0. The molecule has 1 fully saturated rings. The number of nitrogens with zero attached hydrogens (tertiary/aromatic N) is 2. The Bertz CT molecular complexity index is 213. The van der Waals surface area contributed by atoms with E-state index >= 15 is 0 Å². The van der Waals surface area contributed by atoms with E-state index in [4.69, 9.17) is 4.74 Å². The minimum atomic E-state index is 0.676. The second kappa shape index (κ2) is 9.70. The van der Waals surface area contributed by atoms with Crippen molar-refractivity contribution in [1.29, 1.82) is 0 Å². The first-order valence-electron chi connectivity index (χ1n) is 7.88. The Balaban J connectivity index is 1.98. The second-order valence-corrected chi connectivity index (χ2v) is 5.78. The second-order valence-electron chi connectivity index (χ2n) is 5.78. The van der Waals surface area contributed by atoms with Crippen LogP contribution in [0.25, 0.3) is 0 Å². The van der Waals surface area contributed by atoms with Crippen molar-refractivity contribution in [2.45, 2.75) is 45.7 Å². The van der Waals surface area contributed by atoms with Gasteiger partial charge in [-0.05, 0) is 47.2 Å². The number of hydrogen-bond acceptors (Lipinski definition) is 4. The van der Waals surface area contributed by atoms with Gasteiger partial charge in [-0.2, -0.15) is 0 Å². The van der Waals surface area contributed by atoms with E-state index in [1.165, 1.54) is 32.5 Å². The predicted octanol–water partition coefficient (Wildman–Crippen LogP) is 1.42. The highest BCUT2D eigenvalue weighted by atomic mass is 16.5. The molecular formula is C15H33N3O. The van der Waals surface area contributed by atoms with Gasteiger partial charge in [-0.15, -0.1) is 0 Å². The van der Waals surface area contributed by atoms with Gasteiger partial charge in [0, 0.05) is 51.5 Å². The molecule has 0 radical (unpaired) electrons. The molecule has 1 aliphatic heterocycles. The number of rotatable bonds is 9. The van der Waals surface area contributed by atoms with Gasteiger partial charge in [-0.25, -0.2) is 0 Å². The van der Waals surface area contributed by atoms with Crippen molar-refractivity contribution < 1.29 is 4.74 Å². The smallest absolute Gasteiger partial charge is 0.0466 e. The van der Waals surface area contributed by atoms with Crippen molar-refractivity contribution >= 4 is 0 Å². The summed E-state index contributed by atoms with van der Waals surface area (Å²) in [4.78, 5) is 5.07. The molecule has 0 bridgehead atoms. The molecule has 0 aromatic heterocycles. The maximum atomic E-state index is 5.33. The summed E-state index contributed by atoms with van der Waals surface area (Å²) in [7, 11) is 2.24. The average molecular weight is 271 g/mol. The lowest BCUT2D eigenvalue weighted by Gasteiger charge is -2.42. The Hall–Kier alpha value is -0.160. The van der Waals surface area contributed by atoms with Crippen LogP contribution in [0, 0.1) is 0 Å². The number of ether oxygens (including phenoxy) is 1. The third-order valence-corrected chi connectivity index (χ3v) is 4.14. The fourth-order valence-electron chi connectivity index (χ4n) is 2.66. The van der Waals surface area contributed by atoms with E-state index in [2.05, 4.69) is 42.9 Å². The zero-order valence-electron chi connectivity index (χ0n) is 13.3. The molecule has 2 atom stereocenters. The van der Waals surface area contributed by atoms with Gasteiger partial charge in [0.1, 0.15) is 0 Å². The molecule has 1 rings (SSSR count). The molecule has 0 aromatic rings. The zero-order valence-corrected chi connectivity index (χ0v) is 13.3. The molecule has 4 heteroatoms. The molecule has 114 valence electrons. The van der Waals surface area contributed by atoms with Crippen LogP contribution < -0.4 is 5.32 Å². The monoisotopic (exact) mass is 271 g/mol. The topological polar surface area (TPSA) is 27.7 Å². The molecule has 1 heterocycles. The SMILES string of the molecule is CCOCCCCNCCN1CC(C)N(C)C(C)C1. The Morgan fingerprint density at radius 3 is 2.42 bits per heavy atom. The summed E-state index contributed by atoms with van der Waals surface area (Å²) in [6.07, 6.45) is 2.39. The fraction of sp³-hybridized carbons (Fsp3) is 1.00. The maximum absolute atomic E-state index is 5.33. The highest BCUT2D eigenvalue weighted by Gasteiger charge is 2.25. The Labute approximate surface area is 119 Å². The van der Waals surface area contributed by atoms with E-state index in [1.54, 1.807) is 0 Å². The van der Waals surface area contributed by atoms with Crippen LogP contribution in [0.15, 0.2) is 0 Å². The number of unbranched alkanes of at least 4 members (excludes halogenated alkanes) is 1. The van der Waals surface area contributed by atoms with Crippen molar-refractivity contribution in [2.24, 2.45) is 0 Å². The van der Waals surface area contributed by atoms with Crippen LogP contribution in [0.3, 0.4) is 0 Å². The summed E-state index contributed by atoms with van der Waals surface area (Å²) in [6.45, 7) is 14.3. The lowest BCUT2D eigenvalue weighted by Crippen LogP contribution is -2.55. The zero-order chi connectivity index (χ0) is 14.1. The minimum absolute atomic E-state index is 0.676. The summed E-state index contributed by atoms with van der Waals surface area (Å²) >= 11 is 0. The average Bonchev–Trinajstić information content (AvgIpc) is 2.39. The van der Waals surface area contributed by atoms with E-state index in [0.29, 0.717) is 12.1 Å². The molecule has 0 aliphatic carbocycles. The van der Waals surface area contributed by atoms with Gasteiger partial charge in [0.25, 0.3) is 0 Å². The van der Waals surface area contributed by atoms with Gasteiger partial charge in [-0.1, -0.05) is 0 Å². The Kier molecular flexibility index (Phi) is 8.62. The third-order valence-electron chi connectivity index (χ3n) is 4.14. The van der Waals surface area contributed by atoms with Crippen LogP contribution in [-0.4, -0.2) is 74.9 Å². The van der Waals surface area contributed by atoms with Gasteiger partial charge >= 0.3 is 0 Å². The van der Waals surface area contributed by atoms with Crippen molar-refractivity contribution in [1.82, 2.24) is 15.1 Å². The Morgan fingerprint density at radius 1 is 1.11 bits per heavy atom. The maximum Gasteiger partial charge on any atom is 0.0466 e. The van der Waals surface area contributed by atoms with Gasteiger partial charge < -0.3 is 10.1 Å². The van der Waals surface area contributed by atoms with Crippen LogP contribution in [0.4, 0.5) is 0 Å². The number of piperazine rings is 1. The van der Waals surface area contributed by atoms with Crippen LogP contribution in [-0.2, 0) is 4.74 Å². The Morgan fingerprint density at radius 2 is 1.79 bits per heavy atom. The molecule has 4 nitrogen and oxygen atoms in total. The van der Waals surface area contributed by atoms with Crippen LogP contribution in [0.1, 0.15) is 33.6 Å². The molecule has 0 amide bonds. The molecule has 0 spiro atoms. The molecule has 1 N–H and O–H groups in total. The van der Waals surface area contributed by atoms with E-state index in [9.17, 15) is 0 Å². The first-order chi connectivity index (χ1) is 9.15. The number of likely N-dealkylation sites (N-methyl/N-ethyl adjacent to an activating group) is 1. The molecule has 1 aliphatic rings. The van der Waals surface area contributed by atoms with Gasteiger partial charge in [0.15, 0.2) is 0 Å². The standard InChI is InChI=1S/C15H33N3O/c1-5-19-11-7-6-8-16-9-10-18-12-14(2)17(4)15(3)13-18/h14-16H,5-13H2,1-4H3. The van der Waals surface area contributed by atoms with Crippen LogP contribution in [0.2, 0.25) is 0 Å². The van der Waals surface area contributed by atoms with Crippen LogP contribution >= 0.6 is 0 Å². The summed E-state index contributed by atoms with van der Waals surface area (Å²) in [5.41, 5.74) is 0. The van der Waals surface area contributed by atoms with Crippen molar-refractivity contribution in [3.05, 3.63) is 0 Å². The molecular weight excluding hydrogens is 238 g/mol. The third kappa shape index (κ3) is 6.70. The van der Waals surface area contributed by atoms with E-state index in [-0.39, 0.29) is 0 Å². The molecule has 1 saturated heterocycles. The summed E-state index contributed by atoms with van der Waals surface area (Å²) in [6, 6.07) is 1.35. The van der Waals surface area contributed by atoms with Crippen molar-refractivity contribution in [3.8, 4) is 0 Å². The first-order valence-corrected chi connectivity index (χ1v) is 7.88. The molecule has 0 aromatic carbocycles. The lowest BCUT2D eigenvalue weighted by molar-refractivity contribution is 0.0607. The highest BCUT2D eigenvalue weighted by Crippen LogP contribution is 2.12.